The average Bonchev–Trinajstić information content (AvgIpc) is 3.03. The van der Waals surface area contributed by atoms with Crippen molar-refractivity contribution in [1.82, 2.24) is 10.2 Å². The summed E-state index contributed by atoms with van der Waals surface area (Å²) >= 11 is 0. The van der Waals surface area contributed by atoms with Crippen LogP contribution in [0, 0.1) is 19.8 Å². The highest BCUT2D eigenvalue weighted by molar-refractivity contribution is 5.94. The summed E-state index contributed by atoms with van der Waals surface area (Å²) in [5, 5.41) is 3.26. The molecule has 22 heavy (non-hydrogen) atoms. The van der Waals surface area contributed by atoms with Gasteiger partial charge in [0.2, 0.25) is 0 Å². The van der Waals surface area contributed by atoms with Crippen molar-refractivity contribution in [3.63, 3.8) is 0 Å². The summed E-state index contributed by atoms with van der Waals surface area (Å²) in [6.45, 7) is 6.97. The highest BCUT2D eigenvalue weighted by Crippen LogP contribution is 2.37. The van der Waals surface area contributed by atoms with E-state index in [1.807, 2.05) is 26.0 Å². The predicted molar refractivity (Wildman–Crippen MR) is 87.1 cm³/mol. The number of fused-ring (bicyclic) bond motifs is 2. The Kier molecular flexibility index (Phi) is 4.50. The van der Waals surface area contributed by atoms with E-state index in [0.29, 0.717) is 18.0 Å². The smallest absolute Gasteiger partial charge is 0.251 e. The highest BCUT2D eigenvalue weighted by Gasteiger charge is 2.44. The maximum Gasteiger partial charge on any atom is 0.251 e. The zero-order chi connectivity index (χ0) is 15.7. The summed E-state index contributed by atoms with van der Waals surface area (Å²) in [5.74, 6) is 0.671. The molecular weight excluding hydrogens is 276 g/mol. The van der Waals surface area contributed by atoms with Crippen LogP contribution >= 0.6 is 0 Å². The van der Waals surface area contributed by atoms with Crippen LogP contribution in [0.3, 0.4) is 0 Å². The molecule has 2 aliphatic rings. The monoisotopic (exact) mass is 302 g/mol. The minimum atomic E-state index is 0.0767. The molecule has 0 radical (unpaired) electrons. The zero-order valence-corrected chi connectivity index (χ0v) is 13.8. The number of hydrogen-bond donors (Lipinski definition) is 1. The molecule has 1 N–H and O–H groups in total. The number of hydrogen-bond acceptors (Lipinski definition) is 3. The lowest BCUT2D eigenvalue weighted by molar-refractivity contribution is 0.0884. The van der Waals surface area contributed by atoms with Crippen molar-refractivity contribution in [1.29, 1.82) is 0 Å². The number of nitrogens with one attached hydrogen (secondary N) is 1. The van der Waals surface area contributed by atoms with Gasteiger partial charge in [0, 0.05) is 37.8 Å². The minimum Gasteiger partial charge on any atom is -0.383 e. The van der Waals surface area contributed by atoms with Crippen molar-refractivity contribution in [3.8, 4) is 0 Å². The number of likely N-dealkylation sites (tertiary alicyclic amines) is 1. The van der Waals surface area contributed by atoms with Gasteiger partial charge in [0.15, 0.2) is 0 Å². The van der Waals surface area contributed by atoms with E-state index in [-0.39, 0.29) is 5.91 Å². The molecule has 1 amide bonds. The summed E-state index contributed by atoms with van der Waals surface area (Å²) < 4.78 is 5.17. The summed E-state index contributed by atoms with van der Waals surface area (Å²) in [7, 11) is 1.75. The Balaban J connectivity index is 1.58. The van der Waals surface area contributed by atoms with Crippen molar-refractivity contribution in [3.05, 3.63) is 34.9 Å². The molecule has 0 unspecified atom stereocenters. The van der Waals surface area contributed by atoms with Gasteiger partial charge in [0.25, 0.3) is 5.91 Å². The Hall–Kier alpha value is -1.39. The van der Waals surface area contributed by atoms with Gasteiger partial charge >= 0.3 is 0 Å². The first-order chi connectivity index (χ1) is 10.6. The first kappa shape index (κ1) is 15.5. The Morgan fingerprint density at radius 2 is 2.00 bits per heavy atom. The predicted octanol–water partition coefficient (Wildman–Crippen LogP) is 2.14. The van der Waals surface area contributed by atoms with Crippen LogP contribution in [-0.2, 0) is 4.74 Å². The van der Waals surface area contributed by atoms with Gasteiger partial charge in [-0.1, -0.05) is 17.2 Å². The van der Waals surface area contributed by atoms with Crippen molar-refractivity contribution < 1.29 is 9.53 Å². The SMILES string of the molecule is COCCN1C[C@H]2C[C@H]1C[C@H]2NC(=O)c1cc(C)cc(C)c1. The number of piperidine rings is 1. The first-order valence-electron chi connectivity index (χ1n) is 8.19. The van der Waals surface area contributed by atoms with E-state index < -0.39 is 0 Å². The molecule has 1 aliphatic carbocycles. The van der Waals surface area contributed by atoms with Crippen LogP contribution < -0.4 is 5.32 Å². The Labute approximate surface area is 132 Å². The lowest BCUT2D eigenvalue weighted by Gasteiger charge is -2.31. The second-order valence-electron chi connectivity index (χ2n) is 6.83. The number of amides is 1. The zero-order valence-electron chi connectivity index (χ0n) is 13.8. The van der Waals surface area contributed by atoms with Gasteiger partial charge in [-0.25, -0.2) is 0 Å². The maximum absolute atomic E-state index is 12.5. The summed E-state index contributed by atoms with van der Waals surface area (Å²) in [6.07, 6.45) is 2.28. The molecule has 1 heterocycles. The van der Waals surface area contributed by atoms with E-state index in [1.54, 1.807) is 7.11 Å². The van der Waals surface area contributed by atoms with Gasteiger partial charge < -0.3 is 10.1 Å². The molecule has 4 nitrogen and oxygen atoms in total. The summed E-state index contributed by atoms with van der Waals surface area (Å²) in [5.41, 5.74) is 3.07. The second-order valence-corrected chi connectivity index (χ2v) is 6.83. The normalized spacial score (nSPS) is 27.3. The molecule has 1 aromatic rings. The molecule has 3 rings (SSSR count). The summed E-state index contributed by atoms with van der Waals surface area (Å²) in [6, 6.07) is 6.99. The molecule has 2 bridgehead atoms. The number of benzene rings is 1. The van der Waals surface area contributed by atoms with Crippen LogP contribution in [-0.4, -0.2) is 49.7 Å². The fourth-order valence-electron chi connectivity index (χ4n) is 4.06. The minimum absolute atomic E-state index is 0.0767. The molecule has 4 heteroatoms. The van der Waals surface area contributed by atoms with Gasteiger partial charge in [-0.3, -0.25) is 9.69 Å². The van der Waals surface area contributed by atoms with Crippen LogP contribution in [0.2, 0.25) is 0 Å². The van der Waals surface area contributed by atoms with Crippen LogP contribution in [0.4, 0.5) is 0 Å². The van der Waals surface area contributed by atoms with E-state index in [9.17, 15) is 4.79 Å². The molecule has 0 aromatic heterocycles. The van der Waals surface area contributed by atoms with Crippen LogP contribution in [0.5, 0.6) is 0 Å². The van der Waals surface area contributed by atoms with E-state index >= 15 is 0 Å². The molecule has 0 spiro atoms. The number of rotatable bonds is 5. The highest BCUT2D eigenvalue weighted by atomic mass is 16.5. The number of carbonyl (C=O) groups excluding carboxylic acids is 1. The standard InChI is InChI=1S/C18H26N2O2/c1-12-6-13(2)8-14(7-12)18(21)19-17-10-16-9-15(17)11-20(16)4-5-22-3/h6-8,15-17H,4-5,9-11H2,1-3H3,(H,19,21)/t15-,16+,17-/m1/s1. The molecule has 1 saturated heterocycles. The third-order valence-electron chi connectivity index (χ3n) is 5.04. The number of carbonyl (C=O) groups is 1. The molecular formula is C18H26N2O2. The van der Waals surface area contributed by atoms with Crippen molar-refractivity contribution >= 4 is 5.91 Å². The topological polar surface area (TPSA) is 41.6 Å². The third kappa shape index (κ3) is 3.18. The average molecular weight is 302 g/mol. The van der Waals surface area contributed by atoms with Crippen LogP contribution in [0.1, 0.15) is 34.3 Å². The number of nitrogens with zero attached hydrogens (tertiary/aromatic N) is 1. The van der Waals surface area contributed by atoms with Crippen molar-refractivity contribution in [2.24, 2.45) is 5.92 Å². The van der Waals surface area contributed by atoms with E-state index in [4.69, 9.17) is 4.74 Å². The Morgan fingerprint density at radius 1 is 1.27 bits per heavy atom. The van der Waals surface area contributed by atoms with E-state index in [2.05, 4.69) is 16.3 Å². The molecule has 120 valence electrons. The van der Waals surface area contributed by atoms with Crippen molar-refractivity contribution in [2.75, 3.05) is 26.8 Å². The molecule has 3 atom stereocenters. The quantitative estimate of drug-likeness (QED) is 0.906. The van der Waals surface area contributed by atoms with Crippen molar-refractivity contribution in [2.45, 2.75) is 38.8 Å². The Bertz CT molecular complexity index is 538. The first-order valence-corrected chi connectivity index (χ1v) is 8.19. The van der Waals surface area contributed by atoms with Gasteiger partial charge in [0.1, 0.15) is 0 Å². The fourth-order valence-corrected chi connectivity index (χ4v) is 4.06. The maximum atomic E-state index is 12.5. The number of aryl methyl sites for hydroxylation is 2. The van der Waals surface area contributed by atoms with Gasteiger partial charge in [-0.05, 0) is 44.7 Å². The lowest BCUT2D eigenvalue weighted by atomic mass is 10.0. The number of methoxy groups -OCH3 is 1. The molecule has 1 aliphatic heterocycles. The van der Waals surface area contributed by atoms with Gasteiger partial charge in [-0.2, -0.15) is 0 Å². The van der Waals surface area contributed by atoms with Gasteiger partial charge in [0.05, 0.1) is 6.61 Å². The second kappa shape index (κ2) is 6.39. The lowest BCUT2D eigenvalue weighted by Crippen LogP contribution is -2.46. The van der Waals surface area contributed by atoms with Gasteiger partial charge in [-0.15, -0.1) is 0 Å². The van der Waals surface area contributed by atoms with Crippen LogP contribution in [0.15, 0.2) is 18.2 Å². The molecule has 1 aromatic carbocycles. The fraction of sp³-hybridized carbons (Fsp3) is 0.611. The largest absolute Gasteiger partial charge is 0.383 e. The van der Waals surface area contributed by atoms with Crippen LogP contribution in [0.25, 0.3) is 0 Å². The molecule has 1 saturated carbocycles. The Morgan fingerprint density at radius 3 is 2.59 bits per heavy atom. The third-order valence-corrected chi connectivity index (χ3v) is 5.04. The van der Waals surface area contributed by atoms with E-state index in [0.717, 1.165) is 42.8 Å². The summed E-state index contributed by atoms with van der Waals surface area (Å²) in [4.78, 5) is 15.0. The molecule has 2 fully saturated rings. The number of ether oxygens (including phenoxy) is 1. The van der Waals surface area contributed by atoms with E-state index in [1.165, 1.54) is 6.42 Å².